The van der Waals surface area contributed by atoms with Gasteiger partial charge < -0.3 is 4.74 Å². The fourth-order valence-corrected chi connectivity index (χ4v) is 9.40. The average Bonchev–Trinajstić information content (AvgIpc) is 2.78. The van der Waals surface area contributed by atoms with E-state index >= 15 is 0 Å². The van der Waals surface area contributed by atoms with Crippen molar-refractivity contribution >= 4 is 8.80 Å². The van der Waals surface area contributed by atoms with Crippen LogP contribution >= 0.6 is 0 Å². The molecule has 6 heteroatoms. The van der Waals surface area contributed by atoms with Crippen LogP contribution in [-0.4, -0.2) is 8.80 Å². The zero-order valence-corrected chi connectivity index (χ0v) is 20.5. The van der Waals surface area contributed by atoms with E-state index in [2.05, 4.69) is 11.7 Å². The second kappa shape index (κ2) is 12.8. The van der Waals surface area contributed by atoms with Gasteiger partial charge in [-0.05, 0) is 61.1 Å². The van der Waals surface area contributed by atoms with Gasteiger partial charge in [-0.1, -0.05) is 70.0 Å². The van der Waals surface area contributed by atoms with Gasteiger partial charge >= 0.3 is 6.08 Å². The number of unbranched alkanes of at least 4 members (excludes halogenated alkanes) is 2. The molecule has 32 heavy (non-hydrogen) atoms. The number of hydrogen-bond donors (Lipinski definition) is 0. The summed E-state index contributed by atoms with van der Waals surface area (Å²) < 4.78 is 57.1. The zero-order chi connectivity index (χ0) is 22.9. The second-order valence-corrected chi connectivity index (χ2v) is 13.5. The highest BCUT2D eigenvalue weighted by atomic mass is 28.3. The molecule has 1 saturated heterocycles. The first-order valence-corrected chi connectivity index (χ1v) is 15.1. The molecule has 1 aromatic rings. The molecule has 1 aromatic carbocycles. The minimum absolute atomic E-state index is 0.0630. The Morgan fingerprint density at radius 2 is 1.53 bits per heavy atom. The van der Waals surface area contributed by atoms with Gasteiger partial charge in [0.15, 0.2) is 23.6 Å². The minimum atomic E-state index is -2.13. The van der Waals surface area contributed by atoms with E-state index in [1.54, 1.807) is 18.1 Å². The first-order valence-electron chi connectivity index (χ1n) is 12.6. The standard InChI is InChI=1S/C26H38F4OSi/c1-2-3-4-13-32-14-11-20(12-15-32)6-5-19-7-9-21(10-8-19)22-16-23(27)26(24(28)17-22)31-18-25(29)30/h16-21,32H,2-15H2,1H3/t19-,20-,21-,32-. The number of hydrogen-bond acceptors (Lipinski definition) is 1. The number of ether oxygens (including phenoxy) is 1. The van der Waals surface area contributed by atoms with E-state index in [1.807, 2.05) is 0 Å². The van der Waals surface area contributed by atoms with Crippen LogP contribution in [0, 0.1) is 23.5 Å². The van der Waals surface area contributed by atoms with Crippen molar-refractivity contribution in [2.75, 3.05) is 0 Å². The van der Waals surface area contributed by atoms with E-state index < -0.39 is 32.3 Å². The smallest absolute Gasteiger partial charge is 0.305 e. The lowest BCUT2D eigenvalue weighted by Gasteiger charge is -2.32. The zero-order valence-electron chi connectivity index (χ0n) is 19.4. The van der Waals surface area contributed by atoms with Crippen LogP contribution in [0.1, 0.15) is 89.0 Å². The highest BCUT2D eigenvalue weighted by molar-refractivity contribution is 6.58. The van der Waals surface area contributed by atoms with Gasteiger partial charge in [0.2, 0.25) is 0 Å². The monoisotopic (exact) mass is 470 g/mol. The van der Waals surface area contributed by atoms with Gasteiger partial charge in [0.05, 0.1) is 0 Å². The van der Waals surface area contributed by atoms with Crippen molar-refractivity contribution in [2.45, 2.75) is 102 Å². The van der Waals surface area contributed by atoms with Crippen molar-refractivity contribution < 1.29 is 22.3 Å². The van der Waals surface area contributed by atoms with Crippen LogP contribution in [0.5, 0.6) is 5.75 Å². The molecule has 180 valence electrons. The largest absolute Gasteiger partial charge is 0.453 e. The minimum Gasteiger partial charge on any atom is -0.453 e. The molecule has 0 spiro atoms. The summed E-state index contributed by atoms with van der Waals surface area (Å²) in [6.45, 7) is 2.28. The van der Waals surface area contributed by atoms with Gasteiger partial charge in [-0.2, -0.15) is 8.78 Å². The van der Waals surface area contributed by atoms with Crippen LogP contribution in [0.2, 0.25) is 18.1 Å². The molecule has 0 N–H and O–H groups in total. The van der Waals surface area contributed by atoms with Gasteiger partial charge in [-0.3, -0.25) is 0 Å². The van der Waals surface area contributed by atoms with Crippen LogP contribution in [0.15, 0.2) is 24.5 Å². The molecule has 1 nitrogen and oxygen atoms in total. The van der Waals surface area contributed by atoms with Gasteiger partial charge in [0.1, 0.15) is 0 Å². The van der Waals surface area contributed by atoms with Crippen LogP contribution < -0.4 is 4.74 Å². The third-order valence-electron chi connectivity index (χ3n) is 7.77. The Kier molecular flexibility index (Phi) is 10.1. The molecule has 2 aliphatic rings. The number of rotatable bonds is 10. The van der Waals surface area contributed by atoms with E-state index in [4.69, 9.17) is 0 Å². The van der Waals surface area contributed by atoms with Crippen molar-refractivity contribution in [3.8, 4) is 5.75 Å². The van der Waals surface area contributed by atoms with Crippen LogP contribution in [0.25, 0.3) is 0 Å². The molecule has 3 rings (SSSR count). The summed E-state index contributed by atoms with van der Waals surface area (Å²) in [7, 11) is -0.431. The normalized spacial score (nSPS) is 26.0. The van der Waals surface area contributed by atoms with E-state index in [0.29, 0.717) is 5.56 Å². The highest BCUT2D eigenvalue weighted by Gasteiger charge is 2.27. The summed E-state index contributed by atoms with van der Waals surface area (Å²) in [5.74, 6) is -0.843. The predicted molar refractivity (Wildman–Crippen MR) is 125 cm³/mol. The molecular formula is C26H38F4OSi. The summed E-state index contributed by atoms with van der Waals surface area (Å²) in [5.41, 5.74) is 0.613. The van der Waals surface area contributed by atoms with Gasteiger partial charge in [-0.15, -0.1) is 0 Å². The van der Waals surface area contributed by atoms with E-state index in [-0.39, 0.29) is 12.2 Å². The van der Waals surface area contributed by atoms with Gasteiger partial charge in [0.25, 0.3) is 0 Å². The predicted octanol–water partition coefficient (Wildman–Crippen LogP) is 8.96. The van der Waals surface area contributed by atoms with Crippen LogP contribution in [0.3, 0.4) is 0 Å². The first kappa shape index (κ1) is 25.3. The fourth-order valence-electron chi connectivity index (χ4n) is 5.78. The first-order chi connectivity index (χ1) is 15.5. The van der Waals surface area contributed by atoms with Crippen LogP contribution in [-0.2, 0) is 0 Å². The number of halogens is 4. The maximum Gasteiger partial charge on any atom is 0.305 e. The summed E-state index contributed by atoms with van der Waals surface area (Å²) in [5, 5.41) is 0. The van der Waals surface area contributed by atoms with Gasteiger partial charge in [0, 0.05) is 8.80 Å². The molecule has 1 saturated carbocycles. The van der Waals surface area contributed by atoms with Crippen molar-refractivity contribution in [3.05, 3.63) is 41.7 Å². The summed E-state index contributed by atoms with van der Waals surface area (Å²) in [6.07, 6.45) is 11.7. The molecule has 0 atom stereocenters. The maximum absolute atomic E-state index is 14.2. The van der Waals surface area contributed by atoms with Crippen LogP contribution in [0.4, 0.5) is 17.6 Å². The molecule has 0 unspecified atom stereocenters. The molecular weight excluding hydrogens is 432 g/mol. The van der Waals surface area contributed by atoms with E-state index in [9.17, 15) is 17.6 Å². The maximum atomic E-state index is 14.2. The topological polar surface area (TPSA) is 9.23 Å². The lowest BCUT2D eigenvalue weighted by atomic mass is 9.76. The molecule has 0 amide bonds. The molecule has 1 aliphatic heterocycles. The summed E-state index contributed by atoms with van der Waals surface area (Å²) in [4.78, 5) is 0. The average molecular weight is 471 g/mol. The van der Waals surface area contributed by atoms with Crippen molar-refractivity contribution in [1.29, 1.82) is 0 Å². The molecule has 1 aliphatic carbocycles. The Labute approximate surface area is 192 Å². The van der Waals surface area contributed by atoms with E-state index in [0.717, 1.165) is 37.5 Å². The summed E-state index contributed by atoms with van der Waals surface area (Å²) >= 11 is 0. The SMILES string of the molecule is CCCCC[Si@H]1CC[C@H](CC[C@H]2CC[C@H](c3cc(F)c(OC=C(F)F)c(F)c3)CC2)CC1. The molecule has 0 bridgehead atoms. The Morgan fingerprint density at radius 1 is 0.938 bits per heavy atom. The number of benzene rings is 1. The Balaban J connectivity index is 1.40. The third kappa shape index (κ3) is 7.63. The quantitative estimate of drug-likeness (QED) is 0.143. The fraction of sp³-hybridized carbons (Fsp3) is 0.692. The molecule has 0 radical (unpaired) electrons. The second-order valence-electron chi connectivity index (χ2n) is 10.0. The van der Waals surface area contributed by atoms with E-state index in [1.165, 1.54) is 57.1 Å². The Bertz CT molecular complexity index is 710. The molecule has 0 aromatic heterocycles. The highest BCUT2D eigenvalue weighted by Crippen LogP contribution is 2.41. The Morgan fingerprint density at radius 3 is 2.09 bits per heavy atom. The van der Waals surface area contributed by atoms with Crippen molar-refractivity contribution in [2.24, 2.45) is 11.8 Å². The van der Waals surface area contributed by atoms with Crippen molar-refractivity contribution in [3.63, 3.8) is 0 Å². The molecule has 2 fully saturated rings. The van der Waals surface area contributed by atoms with Gasteiger partial charge in [-0.25, -0.2) is 8.78 Å². The molecule has 1 heterocycles. The lowest BCUT2D eigenvalue weighted by Crippen LogP contribution is -2.22. The Hall–Kier alpha value is -1.30. The van der Waals surface area contributed by atoms with Crippen molar-refractivity contribution in [1.82, 2.24) is 0 Å². The third-order valence-corrected chi connectivity index (χ3v) is 11.3. The summed E-state index contributed by atoms with van der Waals surface area (Å²) in [6, 6.07) is 7.15. The lowest BCUT2D eigenvalue weighted by molar-refractivity contribution is 0.279.